The Hall–Kier alpha value is -2.29. The fourth-order valence-electron chi connectivity index (χ4n) is 3.11. The number of hydrogen-bond donors (Lipinski definition) is 2. The number of hydrogen-bond acceptors (Lipinski definition) is 4. The van der Waals surface area contributed by atoms with Gasteiger partial charge in [0.05, 0.1) is 10.7 Å². The van der Waals surface area contributed by atoms with Crippen molar-refractivity contribution in [1.29, 1.82) is 0 Å². The maximum Gasteiger partial charge on any atom is 0.258 e. The van der Waals surface area contributed by atoms with Crippen LogP contribution in [0.1, 0.15) is 16.7 Å². The summed E-state index contributed by atoms with van der Waals surface area (Å²) in [6.45, 7) is 2.04. The van der Waals surface area contributed by atoms with E-state index in [0.717, 1.165) is 34.2 Å². The molecule has 0 unspecified atom stereocenters. The van der Waals surface area contributed by atoms with E-state index in [1.807, 2.05) is 42.5 Å². The number of rotatable bonds is 11. The molecule has 170 valence electrons. The summed E-state index contributed by atoms with van der Waals surface area (Å²) in [5, 5.41) is 6.33. The van der Waals surface area contributed by atoms with E-state index in [9.17, 15) is 4.79 Å². The summed E-state index contributed by atoms with van der Waals surface area (Å²) in [7, 11) is 1.61. The van der Waals surface area contributed by atoms with Crippen molar-refractivity contribution in [1.82, 2.24) is 10.6 Å². The first-order valence-corrected chi connectivity index (χ1v) is 11.3. The van der Waals surface area contributed by atoms with Crippen LogP contribution in [0.15, 0.2) is 72.8 Å². The molecule has 2 N–H and O–H groups in total. The molecule has 0 radical (unpaired) electrons. The second-order valence-electron chi connectivity index (χ2n) is 7.07. The van der Waals surface area contributed by atoms with E-state index in [2.05, 4.69) is 63.6 Å². The van der Waals surface area contributed by atoms with Crippen LogP contribution in [0, 0.1) is 3.57 Å². The van der Waals surface area contributed by atoms with Crippen LogP contribution in [0.25, 0.3) is 0 Å². The van der Waals surface area contributed by atoms with Crippen LogP contribution in [0.3, 0.4) is 0 Å². The van der Waals surface area contributed by atoms with Gasteiger partial charge in [0.2, 0.25) is 0 Å². The average molecular weight is 567 g/mol. The smallest absolute Gasteiger partial charge is 0.258 e. The Kier molecular flexibility index (Phi) is 11.3. The molecule has 3 aromatic carbocycles. The monoisotopic (exact) mass is 566 g/mol. The first-order valence-electron chi connectivity index (χ1n) is 10.2. The van der Waals surface area contributed by atoms with Gasteiger partial charge in [-0.25, -0.2) is 0 Å². The van der Waals surface area contributed by atoms with Crippen LogP contribution in [0.4, 0.5) is 0 Å². The van der Waals surface area contributed by atoms with Crippen LogP contribution >= 0.6 is 35.0 Å². The number of carbonyl (C=O) groups excluding carboxylic acids is 1. The predicted octanol–water partition coefficient (Wildman–Crippen LogP) is 4.75. The van der Waals surface area contributed by atoms with Gasteiger partial charge in [0.15, 0.2) is 18.1 Å². The van der Waals surface area contributed by atoms with Crippen LogP contribution in [0.2, 0.25) is 0 Å². The standard InChI is InChI=1S/C25H27IN2O3.ClH/c1-30-23-15-21(16-27-13-12-19-8-4-2-5-9-19)14-22(26)25(23)31-18-24(29)28-17-20-10-6-3-7-11-20;/h2-11,14-15,27H,12-13,16-18H2,1H3,(H,28,29);1H. The molecule has 3 aromatic rings. The summed E-state index contributed by atoms with van der Waals surface area (Å²) in [6, 6.07) is 24.2. The molecule has 0 fully saturated rings. The van der Waals surface area contributed by atoms with Crippen molar-refractivity contribution < 1.29 is 14.3 Å². The van der Waals surface area contributed by atoms with E-state index in [4.69, 9.17) is 9.47 Å². The third-order valence-corrected chi connectivity index (χ3v) is 5.53. The maximum absolute atomic E-state index is 12.2. The summed E-state index contributed by atoms with van der Waals surface area (Å²) in [5.74, 6) is 1.04. The zero-order valence-corrected chi connectivity index (χ0v) is 20.9. The minimum Gasteiger partial charge on any atom is -0.493 e. The van der Waals surface area contributed by atoms with Gasteiger partial charge in [0.1, 0.15) is 0 Å². The van der Waals surface area contributed by atoms with Gasteiger partial charge in [-0.2, -0.15) is 0 Å². The Morgan fingerprint density at radius 3 is 2.22 bits per heavy atom. The molecule has 1 amide bonds. The number of ether oxygens (including phenoxy) is 2. The van der Waals surface area contributed by atoms with Gasteiger partial charge >= 0.3 is 0 Å². The van der Waals surface area contributed by atoms with Gasteiger partial charge in [-0.05, 0) is 64.4 Å². The second-order valence-corrected chi connectivity index (χ2v) is 8.23. The summed E-state index contributed by atoms with van der Waals surface area (Å²) < 4.78 is 12.2. The van der Waals surface area contributed by atoms with E-state index in [1.165, 1.54) is 5.56 Å². The Labute approximate surface area is 209 Å². The highest BCUT2D eigenvalue weighted by Gasteiger charge is 2.13. The van der Waals surface area contributed by atoms with Gasteiger partial charge < -0.3 is 20.1 Å². The average Bonchev–Trinajstić information content (AvgIpc) is 2.81. The zero-order valence-electron chi connectivity index (χ0n) is 18.0. The molecule has 0 aliphatic rings. The molecular weight excluding hydrogens is 539 g/mol. The molecule has 0 aliphatic carbocycles. The Balaban J connectivity index is 0.00000363. The van der Waals surface area contributed by atoms with E-state index in [0.29, 0.717) is 18.0 Å². The van der Waals surface area contributed by atoms with Gasteiger partial charge in [-0.1, -0.05) is 60.7 Å². The Bertz CT molecular complexity index is 972. The molecule has 0 aromatic heterocycles. The van der Waals surface area contributed by atoms with Crippen molar-refractivity contribution in [2.75, 3.05) is 20.3 Å². The lowest BCUT2D eigenvalue weighted by Gasteiger charge is -2.15. The summed E-state index contributed by atoms with van der Waals surface area (Å²) in [6.07, 6.45) is 0.981. The summed E-state index contributed by atoms with van der Waals surface area (Å²) >= 11 is 2.22. The van der Waals surface area contributed by atoms with Crippen molar-refractivity contribution in [3.05, 3.63) is 93.1 Å². The summed E-state index contributed by atoms with van der Waals surface area (Å²) in [5.41, 5.74) is 3.47. The van der Waals surface area contributed by atoms with Gasteiger partial charge in [0, 0.05) is 13.1 Å². The SMILES string of the molecule is COc1cc(CNCCc2ccccc2)cc(I)c1OCC(=O)NCc1ccccc1.Cl. The number of halogens is 2. The van der Waals surface area contributed by atoms with Crippen LogP contribution < -0.4 is 20.1 Å². The molecule has 0 heterocycles. The minimum atomic E-state index is -0.173. The van der Waals surface area contributed by atoms with Crippen LogP contribution in [-0.4, -0.2) is 26.2 Å². The van der Waals surface area contributed by atoms with Gasteiger partial charge in [-0.15, -0.1) is 12.4 Å². The highest BCUT2D eigenvalue weighted by atomic mass is 127. The molecule has 0 saturated carbocycles. The van der Waals surface area contributed by atoms with E-state index in [1.54, 1.807) is 7.11 Å². The number of nitrogens with one attached hydrogen (secondary N) is 2. The van der Waals surface area contributed by atoms with Gasteiger partial charge in [0.25, 0.3) is 5.91 Å². The lowest BCUT2D eigenvalue weighted by Crippen LogP contribution is -2.28. The largest absolute Gasteiger partial charge is 0.493 e. The first-order chi connectivity index (χ1) is 15.2. The van der Waals surface area contributed by atoms with Crippen LogP contribution in [0.5, 0.6) is 11.5 Å². The number of amides is 1. The third-order valence-electron chi connectivity index (χ3n) is 4.73. The fourth-order valence-corrected chi connectivity index (χ4v) is 3.93. The van der Waals surface area contributed by atoms with Crippen molar-refractivity contribution in [3.63, 3.8) is 0 Å². The molecule has 32 heavy (non-hydrogen) atoms. The highest BCUT2D eigenvalue weighted by Crippen LogP contribution is 2.34. The second kappa shape index (κ2) is 14.0. The normalized spacial score (nSPS) is 10.2. The predicted molar refractivity (Wildman–Crippen MR) is 139 cm³/mol. The highest BCUT2D eigenvalue weighted by molar-refractivity contribution is 14.1. The quantitative estimate of drug-likeness (QED) is 0.260. The number of methoxy groups -OCH3 is 1. The van der Waals surface area contributed by atoms with Crippen molar-refractivity contribution in [3.8, 4) is 11.5 Å². The lowest BCUT2D eigenvalue weighted by atomic mass is 10.1. The van der Waals surface area contributed by atoms with Crippen molar-refractivity contribution in [2.45, 2.75) is 19.5 Å². The van der Waals surface area contributed by atoms with E-state index in [-0.39, 0.29) is 24.9 Å². The zero-order chi connectivity index (χ0) is 21.9. The molecule has 3 rings (SSSR count). The molecule has 0 aliphatic heterocycles. The molecule has 0 atom stereocenters. The van der Waals surface area contributed by atoms with E-state index < -0.39 is 0 Å². The molecular formula is C25H28ClIN2O3. The Morgan fingerprint density at radius 2 is 1.56 bits per heavy atom. The molecule has 0 saturated heterocycles. The maximum atomic E-state index is 12.2. The topological polar surface area (TPSA) is 59.6 Å². The van der Waals surface area contributed by atoms with Crippen molar-refractivity contribution in [2.24, 2.45) is 0 Å². The molecule has 7 heteroatoms. The van der Waals surface area contributed by atoms with E-state index >= 15 is 0 Å². The molecule has 0 bridgehead atoms. The van der Waals surface area contributed by atoms with Gasteiger partial charge in [-0.3, -0.25) is 4.79 Å². The summed E-state index contributed by atoms with van der Waals surface area (Å²) in [4.78, 5) is 12.2. The Morgan fingerprint density at radius 1 is 0.906 bits per heavy atom. The number of benzene rings is 3. The number of carbonyl (C=O) groups is 1. The lowest BCUT2D eigenvalue weighted by molar-refractivity contribution is -0.123. The molecule has 0 spiro atoms. The van der Waals surface area contributed by atoms with Crippen LogP contribution in [-0.2, 0) is 24.3 Å². The minimum absolute atomic E-state index is 0. The first kappa shape index (κ1) is 26.0. The third kappa shape index (κ3) is 8.33. The fraction of sp³-hybridized carbons (Fsp3) is 0.240. The van der Waals surface area contributed by atoms with Crippen molar-refractivity contribution >= 4 is 40.9 Å². The molecule has 5 nitrogen and oxygen atoms in total.